The first-order valence-corrected chi connectivity index (χ1v) is 5.81. The number of carbonyl (C=O) groups is 1. The van der Waals surface area contributed by atoms with Crippen LogP contribution in [0.2, 0.25) is 0 Å². The van der Waals surface area contributed by atoms with Gasteiger partial charge in [0.15, 0.2) is 0 Å². The predicted molar refractivity (Wildman–Crippen MR) is 63.6 cm³/mol. The molecule has 0 saturated heterocycles. The Bertz CT molecular complexity index is 327. The molecule has 1 amide bonds. The lowest BCUT2D eigenvalue weighted by Gasteiger charge is -2.05. The number of benzene rings is 1. The van der Waals surface area contributed by atoms with Crippen molar-refractivity contribution in [2.24, 2.45) is 0 Å². The third-order valence-corrected chi connectivity index (χ3v) is 2.53. The fourth-order valence-corrected chi connectivity index (χ4v) is 1.50. The van der Waals surface area contributed by atoms with Crippen LogP contribution >= 0.6 is 11.9 Å². The molecule has 1 N–H and O–H groups in total. The number of amides is 1. The molecule has 0 heterocycles. The number of hydrogen-bond donors (Lipinski definition) is 1. The van der Waals surface area contributed by atoms with Crippen LogP contribution in [-0.4, -0.2) is 19.8 Å². The molecular weight excluding hydrogens is 226 g/mol. The van der Waals surface area contributed by atoms with E-state index in [1.807, 2.05) is 31.2 Å². The smallest absolute Gasteiger partial charge is 0.417 e. The first kappa shape index (κ1) is 12.7. The number of rotatable bonds is 5. The van der Waals surface area contributed by atoms with Gasteiger partial charge in [-0.2, -0.15) is 0 Å². The molecule has 0 aliphatic rings. The zero-order valence-electron chi connectivity index (χ0n) is 9.36. The summed E-state index contributed by atoms with van der Waals surface area (Å²) >= 11 is 1.22. The molecule has 0 saturated carbocycles. The average molecular weight is 241 g/mol. The van der Waals surface area contributed by atoms with Gasteiger partial charge in [0, 0.05) is 4.90 Å². The van der Waals surface area contributed by atoms with Crippen molar-refractivity contribution in [3.05, 3.63) is 24.3 Å². The predicted octanol–water partition coefficient (Wildman–Crippen LogP) is 2.84. The van der Waals surface area contributed by atoms with Gasteiger partial charge in [-0.1, -0.05) is 6.92 Å². The summed E-state index contributed by atoms with van der Waals surface area (Å²) in [5, 5.41) is 0. The summed E-state index contributed by atoms with van der Waals surface area (Å²) in [4.78, 5) is 12.0. The number of carbonyl (C=O) groups excluding carboxylic acids is 1. The van der Waals surface area contributed by atoms with Gasteiger partial charge in [-0.05, 0) is 42.6 Å². The highest BCUT2D eigenvalue weighted by Gasteiger charge is 2.01. The quantitative estimate of drug-likeness (QED) is 0.805. The van der Waals surface area contributed by atoms with Crippen LogP contribution < -0.4 is 9.46 Å². The van der Waals surface area contributed by atoms with Crippen molar-refractivity contribution in [3.8, 4) is 5.75 Å². The van der Waals surface area contributed by atoms with Gasteiger partial charge in [0.05, 0.1) is 13.7 Å². The second-order valence-corrected chi connectivity index (χ2v) is 3.90. The molecule has 16 heavy (non-hydrogen) atoms. The zero-order chi connectivity index (χ0) is 11.8. The molecule has 88 valence electrons. The maximum atomic E-state index is 11.1. The minimum absolute atomic E-state index is 0.414. The lowest BCUT2D eigenvalue weighted by Crippen LogP contribution is -2.17. The van der Waals surface area contributed by atoms with E-state index in [0.717, 1.165) is 17.1 Å². The standard InChI is InChI=1S/C11H15NO3S/c1-3-8-15-11(13)12-16-10-6-4-9(14-2)5-7-10/h4-7H,3,8H2,1-2H3,(H,12,13). The molecule has 1 aromatic rings. The summed E-state index contributed by atoms with van der Waals surface area (Å²) in [6.45, 7) is 2.39. The van der Waals surface area contributed by atoms with E-state index in [-0.39, 0.29) is 0 Å². The summed E-state index contributed by atoms with van der Waals surface area (Å²) in [6.07, 6.45) is 0.406. The molecule has 4 nitrogen and oxygen atoms in total. The molecule has 0 fully saturated rings. The lowest BCUT2D eigenvalue weighted by atomic mass is 10.3. The third kappa shape index (κ3) is 4.44. The summed E-state index contributed by atoms with van der Waals surface area (Å²) < 4.78 is 12.5. The van der Waals surface area contributed by atoms with Crippen LogP contribution in [0.15, 0.2) is 29.2 Å². The minimum Gasteiger partial charge on any atom is -0.497 e. The Morgan fingerprint density at radius 3 is 2.62 bits per heavy atom. The molecule has 0 radical (unpaired) electrons. The van der Waals surface area contributed by atoms with E-state index in [4.69, 9.17) is 9.47 Å². The van der Waals surface area contributed by atoms with Gasteiger partial charge >= 0.3 is 6.09 Å². The maximum absolute atomic E-state index is 11.1. The molecule has 0 aliphatic carbocycles. The van der Waals surface area contributed by atoms with Gasteiger partial charge in [0.2, 0.25) is 0 Å². The molecule has 0 bridgehead atoms. The molecule has 1 aromatic carbocycles. The van der Waals surface area contributed by atoms with Crippen LogP contribution in [0, 0.1) is 0 Å². The van der Waals surface area contributed by atoms with E-state index >= 15 is 0 Å². The molecule has 5 heteroatoms. The average Bonchev–Trinajstić information content (AvgIpc) is 2.34. The topological polar surface area (TPSA) is 47.6 Å². The van der Waals surface area contributed by atoms with E-state index in [9.17, 15) is 4.79 Å². The fraction of sp³-hybridized carbons (Fsp3) is 0.364. The van der Waals surface area contributed by atoms with Crippen LogP contribution in [0.25, 0.3) is 0 Å². The highest BCUT2D eigenvalue weighted by Crippen LogP contribution is 2.18. The zero-order valence-corrected chi connectivity index (χ0v) is 10.2. The van der Waals surface area contributed by atoms with E-state index < -0.39 is 6.09 Å². The summed E-state index contributed by atoms with van der Waals surface area (Å²) in [7, 11) is 1.61. The number of ether oxygens (including phenoxy) is 2. The van der Waals surface area contributed by atoms with Gasteiger partial charge < -0.3 is 9.47 Å². The van der Waals surface area contributed by atoms with Crippen LogP contribution in [0.1, 0.15) is 13.3 Å². The lowest BCUT2D eigenvalue weighted by molar-refractivity contribution is 0.153. The molecular formula is C11H15NO3S. The molecule has 0 unspecified atom stereocenters. The van der Waals surface area contributed by atoms with Crippen molar-refractivity contribution in [3.63, 3.8) is 0 Å². The van der Waals surface area contributed by atoms with Gasteiger partial charge in [-0.15, -0.1) is 0 Å². The molecule has 1 rings (SSSR count). The van der Waals surface area contributed by atoms with Gasteiger partial charge in [0.25, 0.3) is 0 Å². The van der Waals surface area contributed by atoms with E-state index in [1.54, 1.807) is 7.11 Å². The number of hydrogen-bond acceptors (Lipinski definition) is 4. The van der Waals surface area contributed by atoms with Gasteiger partial charge in [-0.25, -0.2) is 4.79 Å². The Labute approximate surface area is 99.5 Å². The second-order valence-electron chi connectivity index (χ2n) is 3.02. The SMILES string of the molecule is CCCOC(=O)NSc1ccc(OC)cc1. The minimum atomic E-state index is -0.414. The van der Waals surface area contributed by atoms with Crippen molar-refractivity contribution < 1.29 is 14.3 Å². The highest BCUT2D eigenvalue weighted by atomic mass is 32.2. The third-order valence-electron chi connectivity index (χ3n) is 1.75. The number of nitrogens with one attached hydrogen (secondary N) is 1. The largest absolute Gasteiger partial charge is 0.497 e. The Hall–Kier alpha value is -1.36. The second kappa shape index (κ2) is 7.00. The van der Waals surface area contributed by atoms with Crippen LogP contribution in [0.5, 0.6) is 5.75 Å². The summed E-state index contributed by atoms with van der Waals surface area (Å²) in [5.41, 5.74) is 0. The van der Waals surface area contributed by atoms with Crippen molar-refractivity contribution in [2.45, 2.75) is 18.2 Å². The molecule has 0 atom stereocenters. The summed E-state index contributed by atoms with van der Waals surface area (Å²) in [5.74, 6) is 0.790. The van der Waals surface area contributed by atoms with Crippen LogP contribution in [0.4, 0.5) is 4.79 Å². The van der Waals surface area contributed by atoms with Crippen molar-refractivity contribution in [1.29, 1.82) is 0 Å². The first-order valence-electron chi connectivity index (χ1n) is 5.00. The van der Waals surface area contributed by atoms with Crippen LogP contribution in [0.3, 0.4) is 0 Å². The first-order chi connectivity index (χ1) is 7.76. The molecule has 0 spiro atoms. The Morgan fingerprint density at radius 2 is 2.06 bits per heavy atom. The van der Waals surface area contributed by atoms with Crippen molar-refractivity contribution >= 4 is 18.0 Å². The summed E-state index contributed by atoms with van der Waals surface area (Å²) in [6, 6.07) is 7.40. The highest BCUT2D eigenvalue weighted by molar-refractivity contribution is 7.98. The molecule has 0 aliphatic heterocycles. The monoisotopic (exact) mass is 241 g/mol. The van der Waals surface area contributed by atoms with E-state index in [0.29, 0.717) is 6.61 Å². The van der Waals surface area contributed by atoms with Crippen molar-refractivity contribution in [2.75, 3.05) is 13.7 Å². The van der Waals surface area contributed by atoms with Crippen LogP contribution in [-0.2, 0) is 4.74 Å². The van der Waals surface area contributed by atoms with Gasteiger partial charge in [-0.3, -0.25) is 4.72 Å². The van der Waals surface area contributed by atoms with E-state index in [1.165, 1.54) is 11.9 Å². The molecule has 0 aromatic heterocycles. The maximum Gasteiger partial charge on any atom is 0.417 e. The van der Waals surface area contributed by atoms with E-state index in [2.05, 4.69) is 4.72 Å². The Kier molecular flexibility index (Phi) is 5.56. The number of methoxy groups -OCH3 is 1. The normalized spacial score (nSPS) is 9.62. The Morgan fingerprint density at radius 1 is 1.38 bits per heavy atom. The van der Waals surface area contributed by atoms with Gasteiger partial charge in [0.1, 0.15) is 5.75 Å². The van der Waals surface area contributed by atoms with Crippen molar-refractivity contribution in [1.82, 2.24) is 4.72 Å². The fourth-order valence-electron chi connectivity index (χ4n) is 0.969. The Balaban J connectivity index is 2.33.